The lowest BCUT2D eigenvalue weighted by molar-refractivity contribution is -0.140. The van der Waals surface area contributed by atoms with Crippen LogP contribution in [0.25, 0.3) is 0 Å². The van der Waals surface area contributed by atoms with Crippen LogP contribution in [-0.4, -0.2) is 44.3 Å². The van der Waals surface area contributed by atoms with Gasteiger partial charge in [-0.2, -0.15) is 0 Å². The number of aryl methyl sites for hydroxylation is 2. The first-order valence-corrected chi connectivity index (χ1v) is 15.0. The van der Waals surface area contributed by atoms with Crippen molar-refractivity contribution in [3.63, 3.8) is 0 Å². The van der Waals surface area contributed by atoms with Crippen molar-refractivity contribution in [2.24, 2.45) is 0 Å². The van der Waals surface area contributed by atoms with Crippen LogP contribution in [0.5, 0.6) is 0 Å². The number of unbranched alkanes of at least 4 members (excludes halogenated alkanes) is 1. The molecule has 0 unspecified atom stereocenters. The number of nitrogens with zero attached hydrogens (tertiary/aromatic N) is 2. The average molecular weight is 568 g/mol. The molecule has 0 saturated heterocycles. The Morgan fingerprint density at radius 3 is 2.12 bits per heavy atom. The second-order valence-corrected chi connectivity index (χ2v) is 11.7. The summed E-state index contributed by atoms with van der Waals surface area (Å²) in [6.07, 6.45) is 2.02. The SMILES string of the molecule is CCCCNC(=O)[C@@H](CC)N(Cc1ccc(F)cc1)C(=O)CN(c1cc(C)cc(C)c1)S(=O)(=O)c1ccccc1. The number of sulfonamides is 1. The van der Waals surface area contributed by atoms with Crippen molar-refractivity contribution in [3.8, 4) is 0 Å². The van der Waals surface area contributed by atoms with Gasteiger partial charge in [-0.1, -0.05) is 56.7 Å². The molecule has 1 N–H and O–H groups in total. The van der Waals surface area contributed by atoms with E-state index in [1.54, 1.807) is 49.4 Å². The maximum absolute atomic E-state index is 14.0. The predicted octanol–water partition coefficient (Wildman–Crippen LogP) is 5.36. The minimum absolute atomic E-state index is 0.0187. The number of benzene rings is 3. The van der Waals surface area contributed by atoms with Crippen LogP contribution in [0.4, 0.5) is 10.1 Å². The van der Waals surface area contributed by atoms with Crippen molar-refractivity contribution in [3.05, 3.63) is 95.3 Å². The van der Waals surface area contributed by atoms with Crippen LogP contribution in [0.2, 0.25) is 0 Å². The number of carbonyl (C=O) groups is 2. The van der Waals surface area contributed by atoms with Crippen molar-refractivity contribution < 1.29 is 22.4 Å². The molecule has 0 aliphatic carbocycles. The van der Waals surface area contributed by atoms with Crippen molar-refractivity contribution >= 4 is 27.5 Å². The summed E-state index contributed by atoms with van der Waals surface area (Å²) in [5.41, 5.74) is 2.68. The molecule has 0 aliphatic rings. The first-order chi connectivity index (χ1) is 19.1. The molecule has 0 saturated carbocycles. The average Bonchev–Trinajstić information content (AvgIpc) is 2.92. The third-order valence-corrected chi connectivity index (χ3v) is 8.37. The predicted molar refractivity (Wildman–Crippen MR) is 156 cm³/mol. The molecule has 7 nitrogen and oxygen atoms in total. The monoisotopic (exact) mass is 567 g/mol. The lowest BCUT2D eigenvalue weighted by atomic mass is 10.1. The molecule has 0 heterocycles. The number of anilines is 1. The molecule has 40 heavy (non-hydrogen) atoms. The molecule has 0 radical (unpaired) electrons. The first kappa shape index (κ1) is 30.8. The molecule has 3 aromatic rings. The normalized spacial score (nSPS) is 12.0. The van der Waals surface area contributed by atoms with Crippen LogP contribution in [-0.2, 0) is 26.2 Å². The molecule has 0 spiro atoms. The molecule has 0 fully saturated rings. The highest BCUT2D eigenvalue weighted by Crippen LogP contribution is 2.27. The third kappa shape index (κ3) is 7.91. The third-order valence-electron chi connectivity index (χ3n) is 6.59. The minimum atomic E-state index is -4.13. The molecule has 0 aliphatic heterocycles. The van der Waals surface area contributed by atoms with Crippen molar-refractivity contribution in [1.82, 2.24) is 10.2 Å². The number of carbonyl (C=O) groups excluding carboxylic acids is 2. The Bertz CT molecular complexity index is 1380. The zero-order valence-corrected chi connectivity index (χ0v) is 24.4. The van der Waals surface area contributed by atoms with Gasteiger partial charge in [0.25, 0.3) is 10.0 Å². The molecular formula is C31H38FN3O4S. The standard InChI is InChI=1S/C31H38FN3O4S/c1-5-7-17-33-31(37)29(6-2)34(21-25-13-15-26(32)16-14-25)30(36)22-35(27-19-23(3)18-24(4)20-27)40(38,39)28-11-9-8-10-12-28/h8-16,18-20,29H,5-7,17,21-22H2,1-4H3,(H,33,37)/t29-/m1/s1. The lowest BCUT2D eigenvalue weighted by Crippen LogP contribution is -2.52. The second-order valence-electron chi connectivity index (χ2n) is 9.89. The van der Waals surface area contributed by atoms with E-state index in [1.165, 1.54) is 29.2 Å². The quantitative estimate of drug-likeness (QED) is 0.282. The van der Waals surface area contributed by atoms with E-state index in [0.29, 0.717) is 24.2 Å². The van der Waals surface area contributed by atoms with Crippen LogP contribution in [0.3, 0.4) is 0 Å². The Labute approximate surface area is 237 Å². The van der Waals surface area contributed by atoms with Gasteiger partial charge in [0.05, 0.1) is 10.6 Å². The molecule has 214 valence electrons. The fraction of sp³-hybridized carbons (Fsp3) is 0.355. The minimum Gasteiger partial charge on any atom is -0.354 e. The molecule has 2 amide bonds. The lowest BCUT2D eigenvalue weighted by Gasteiger charge is -2.33. The maximum Gasteiger partial charge on any atom is 0.264 e. The molecule has 9 heteroatoms. The number of amides is 2. The van der Waals surface area contributed by atoms with Gasteiger partial charge < -0.3 is 10.2 Å². The number of hydrogen-bond donors (Lipinski definition) is 1. The van der Waals surface area contributed by atoms with E-state index in [9.17, 15) is 22.4 Å². The van der Waals surface area contributed by atoms with Crippen LogP contribution >= 0.6 is 0 Å². The fourth-order valence-corrected chi connectivity index (χ4v) is 5.97. The number of halogens is 1. The second kappa shape index (κ2) is 14.1. The van der Waals surface area contributed by atoms with Crippen molar-refractivity contribution in [1.29, 1.82) is 0 Å². The van der Waals surface area contributed by atoms with Crippen molar-refractivity contribution in [2.75, 3.05) is 17.4 Å². The van der Waals surface area contributed by atoms with Gasteiger partial charge in [-0.05, 0) is 79.8 Å². The molecule has 3 aromatic carbocycles. The molecule has 0 aromatic heterocycles. The van der Waals surface area contributed by atoms with Crippen LogP contribution in [0.1, 0.15) is 49.8 Å². The maximum atomic E-state index is 14.0. The Hall–Kier alpha value is -3.72. The Morgan fingerprint density at radius 1 is 0.925 bits per heavy atom. The van der Waals surface area contributed by atoms with Crippen LogP contribution < -0.4 is 9.62 Å². The van der Waals surface area contributed by atoms with Gasteiger partial charge in [0.1, 0.15) is 18.4 Å². The number of nitrogens with one attached hydrogen (secondary N) is 1. The van der Waals surface area contributed by atoms with Crippen LogP contribution in [0, 0.1) is 19.7 Å². The summed E-state index contributed by atoms with van der Waals surface area (Å²) in [6, 6.07) is 18.2. The van der Waals surface area contributed by atoms with Gasteiger partial charge in [-0.25, -0.2) is 12.8 Å². The zero-order valence-electron chi connectivity index (χ0n) is 23.6. The fourth-order valence-electron chi connectivity index (χ4n) is 4.56. The Morgan fingerprint density at radius 2 is 1.55 bits per heavy atom. The number of rotatable bonds is 13. The van der Waals surface area contributed by atoms with E-state index in [0.717, 1.165) is 28.3 Å². The highest BCUT2D eigenvalue weighted by molar-refractivity contribution is 7.92. The van der Waals surface area contributed by atoms with E-state index >= 15 is 0 Å². The molecule has 1 atom stereocenters. The summed E-state index contributed by atoms with van der Waals surface area (Å²) < 4.78 is 42.5. The Kier molecular flexibility index (Phi) is 10.8. The van der Waals surface area contributed by atoms with Crippen molar-refractivity contribution in [2.45, 2.75) is 64.4 Å². The Balaban J connectivity index is 2.05. The van der Waals surface area contributed by atoms with E-state index in [1.807, 2.05) is 26.8 Å². The van der Waals surface area contributed by atoms with E-state index in [-0.39, 0.29) is 17.3 Å². The van der Waals surface area contributed by atoms with Gasteiger partial charge in [-0.15, -0.1) is 0 Å². The van der Waals surface area contributed by atoms with Gasteiger partial charge in [-0.3, -0.25) is 13.9 Å². The molecule has 0 bridgehead atoms. The summed E-state index contributed by atoms with van der Waals surface area (Å²) in [5.74, 6) is -1.27. The molecule has 3 rings (SSSR count). The summed E-state index contributed by atoms with van der Waals surface area (Å²) in [7, 11) is -4.13. The largest absolute Gasteiger partial charge is 0.354 e. The topological polar surface area (TPSA) is 86.8 Å². The van der Waals surface area contributed by atoms with Gasteiger partial charge in [0.2, 0.25) is 11.8 Å². The smallest absolute Gasteiger partial charge is 0.264 e. The summed E-state index contributed by atoms with van der Waals surface area (Å²) in [5, 5.41) is 2.90. The van der Waals surface area contributed by atoms with E-state index in [2.05, 4.69) is 5.32 Å². The van der Waals surface area contributed by atoms with Gasteiger partial charge in [0, 0.05) is 13.1 Å². The highest BCUT2D eigenvalue weighted by Gasteiger charge is 2.33. The van der Waals surface area contributed by atoms with E-state index in [4.69, 9.17) is 0 Å². The highest BCUT2D eigenvalue weighted by atomic mass is 32.2. The summed E-state index contributed by atoms with van der Waals surface area (Å²) in [4.78, 5) is 28.7. The summed E-state index contributed by atoms with van der Waals surface area (Å²) in [6.45, 7) is 7.52. The van der Waals surface area contributed by atoms with Gasteiger partial charge in [0.15, 0.2) is 0 Å². The van der Waals surface area contributed by atoms with Gasteiger partial charge >= 0.3 is 0 Å². The van der Waals surface area contributed by atoms with E-state index < -0.39 is 34.3 Å². The first-order valence-electron chi connectivity index (χ1n) is 13.5. The summed E-state index contributed by atoms with van der Waals surface area (Å²) >= 11 is 0. The zero-order chi connectivity index (χ0) is 29.3. The number of hydrogen-bond acceptors (Lipinski definition) is 4. The molecular weight excluding hydrogens is 529 g/mol. The van der Waals surface area contributed by atoms with Crippen LogP contribution in [0.15, 0.2) is 77.7 Å².